The number of aromatic nitrogens is 4. The molecular weight excluding hydrogens is 352 g/mol. The monoisotopic (exact) mass is 372 g/mol. The molecular formula is C21H20N6O. The summed E-state index contributed by atoms with van der Waals surface area (Å²) in [5, 5.41) is 0. The van der Waals surface area contributed by atoms with E-state index in [1.54, 1.807) is 6.20 Å². The molecule has 1 aliphatic heterocycles. The minimum atomic E-state index is -0.0503. The number of carbonyl (C=O) groups excluding carboxylic acids is 1. The van der Waals surface area contributed by atoms with Crippen molar-refractivity contribution < 1.29 is 4.79 Å². The van der Waals surface area contributed by atoms with Gasteiger partial charge in [0.25, 0.3) is 5.91 Å². The van der Waals surface area contributed by atoms with E-state index in [-0.39, 0.29) is 5.91 Å². The van der Waals surface area contributed by atoms with Crippen LogP contribution in [0.5, 0.6) is 0 Å². The fourth-order valence-corrected chi connectivity index (χ4v) is 3.62. The Morgan fingerprint density at radius 2 is 1.71 bits per heavy atom. The van der Waals surface area contributed by atoms with E-state index in [4.69, 9.17) is 0 Å². The number of fused-ring (bicyclic) bond motifs is 2. The van der Waals surface area contributed by atoms with Crippen LogP contribution in [0.4, 0.5) is 0 Å². The second-order valence-corrected chi connectivity index (χ2v) is 7.01. The van der Waals surface area contributed by atoms with Crippen molar-refractivity contribution in [2.24, 2.45) is 0 Å². The van der Waals surface area contributed by atoms with Crippen molar-refractivity contribution in [3.05, 3.63) is 72.4 Å². The van der Waals surface area contributed by atoms with Crippen molar-refractivity contribution in [2.75, 3.05) is 26.2 Å². The molecule has 0 aliphatic carbocycles. The fraction of sp³-hybridized carbons (Fsp3) is 0.238. The summed E-state index contributed by atoms with van der Waals surface area (Å²) in [5.41, 5.74) is 3.97. The number of nitrogens with zero attached hydrogens (tertiary/aromatic N) is 6. The maximum atomic E-state index is 12.8. The lowest BCUT2D eigenvalue weighted by Gasteiger charge is -2.34. The molecule has 1 fully saturated rings. The zero-order valence-corrected chi connectivity index (χ0v) is 15.4. The van der Waals surface area contributed by atoms with Crippen molar-refractivity contribution in [1.82, 2.24) is 29.2 Å². The zero-order chi connectivity index (χ0) is 18.9. The van der Waals surface area contributed by atoms with Gasteiger partial charge in [0.05, 0.1) is 22.9 Å². The molecule has 0 atom stereocenters. The van der Waals surface area contributed by atoms with Gasteiger partial charge in [0.2, 0.25) is 0 Å². The molecule has 1 aromatic carbocycles. The molecule has 1 saturated heterocycles. The Bertz CT molecular complexity index is 1110. The summed E-state index contributed by atoms with van der Waals surface area (Å²) < 4.78 is 2.04. The van der Waals surface area contributed by atoms with Gasteiger partial charge >= 0.3 is 0 Å². The Kier molecular flexibility index (Phi) is 4.21. The van der Waals surface area contributed by atoms with E-state index in [1.165, 1.54) is 0 Å². The molecule has 0 saturated carbocycles. The van der Waals surface area contributed by atoms with E-state index >= 15 is 0 Å². The number of hydrogen-bond acceptors (Lipinski definition) is 5. The predicted octanol–water partition coefficient (Wildman–Crippen LogP) is 2.24. The van der Waals surface area contributed by atoms with Gasteiger partial charge in [-0.2, -0.15) is 0 Å². The van der Waals surface area contributed by atoms with E-state index in [9.17, 15) is 4.79 Å². The van der Waals surface area contributed by atoms with Crippen LogP contribution >= 0.6 is 0 Å². The fourth-order valence-electron chi connectivity index (χ4n) is 3.62. The van der Waals surface area contributed by atoms with E-state index in [2.05, 4.69) is 26.0 Å². The van der Waals surface area contributed by atoms with Gasteiger partial charge in [0, 0.05) is 45.1 Å². The maximum Gasteiger partial charge on any atom is 0.274 e. The Morgan fingerprint density at radius 3 is 2.54 bits per heavy atom. The van der Waals surface area contributed by atoms with E-state index in [0.29, 0.717) is 18.8 Å². The molecule has 4 heterocycles. The molecule has 0 bridgehead atoms. The zero-order valence-electron chi connectivity index (χ0n) is 15.4. The predicted molar refractivity (Wildman–Crippen MR) is 106 cm³/mol. The number of amides is 1. The number of benzene rings is 1. The Hall–Kier alpha value is -3.32. The third kappa shape index (κ3) is 3.20. The highest BCUT2D eigenvalue weighted by Crippen LogP contribution is 2.13. The molecule has 7 heteroatoms. The Morgan fingerprint density at radius 1 is 0.929 bits per heavy atom. The van der Waals surface area contributed by atoms with Crippen LogP contribution in [0.1, 0.15) is 16.2 Å². The number of rotatable bonds is 3. The van der Waals surface area contributed by atoms with Gasteiger partial charge in [-0.1, -0.05) is 18.2 Å². The maximum absolute atomic E-state index is 12.8. The summed E-state index contributed by atoms with van der Waals surface area (Å²) in [6.45, 7) is 3.79. The molecule has 0 radical (unpaired) electrons. The molecule has 1 aliphatic rings. The number of imidazole rings is 1. The average Bonchev–Trinajstić information content (AvgIpc) is 3.16. The third-order valence-electron chi connectivity index (χ3n) is 5.13. The first kappa shape index (κ1) is 16.8. The lowest BCUT2D eigenvalue weighted by Crippen LogP contribution is -2.48. The van der Waals surface area contributed by atoms with Gasteiger partial charge in [-0.3, -0.25) is 14.7 Å². The first-order valence-electron chi connectivity index (χ1n) is 9.42. The summed E-state index contributed by atoms with van der Waals surface area (Å²) in [4.78, 5) is 30.5. The van der Waals surface area contributed by atoms with E-state index in [0.717, 1.165) is 42.0 Å². The highest BCUT2D eigenvalue weighted by Gasteiger charge is 2.24. The molecule has 0 unspecified atom stereocenters. The average molecular weight is 372 g/mol. The van der Waals surface area contributed by atoms with Crippen LogP contribution < -0.4 is 0 Å². The van der Waals surface area contributed by atoms with E-state index in [1.807, 2.05) is 58.0 Å². The molecule has 4 aromatic rings. The van der Waals surface area contributed by atoms with Crippen LogP contribution in [0.2, 0.25) is 0 Å². The van der Waals surface area contributed by atoms with Crippen LogP contribution in [0.15, 0.2) is 61.1 Å². The summed E-state index contributed by atoms with van der Waals surface area (Å²) in [7, 11) is 0. The first-order valence-corrected chi connectivity index (χ1v) is 9.42. The topological polar surface area (TPSA) is 66.6 Å². The molecule has 5 rings (SSSR count). The van der Waals surface area contributed by atoms with Gasteiger partial charge < -0.3 is 9.30 Å². The van der Waals surface area contributed by atoms with Crippen LogP contribution in [-0.2, 0) is 6.54 Å². The minimum Gasteiger partial charge on any atom is -0.335 e. The normalized spacial score (nSPS) is 15.4. The number of para-hydroxylation sites is 2. The molecule has 0 N–H and O–H groups in total. The van der Waals surface area contributed by atoms with Crippen molar-refractivity contribution in [2.45, 2.75) is 6.54 Å². The SMILES string of the molecule is O=C(c1cnc2ccccc2n1)N1CCN(Cc2cn3ccccc3n2)CC1. The van der Waals surface area contributed by atoms with Crippen molar-refractivity contribution >= 4 is 22.6 Å². The molecule has 7 nitrogen and oxygen atoms in total. The summed E-state index contributed by atoms with van der Waals surface area (Å²) in [6.07, 6.45) is 5.65. The van der Waals surface area contributed by atoms with Crippen LogP contribution in [0.25, 0.3) is 16.7 Å². The quantitative estimate of drug-likeness (QED) is 0.552. The lowest BCUT2D eigenvalue weighted by atomic mass is 10.2. The van der Waals surface area contributed by atoms with Gasteiger partial charge in [0.15, 0.2) is 0 Å². The Labute approximate surface area is 162 Å². The van der Waals surface area contributed by atoms with E-state index < -0.39 is 0 Å². The number of hydrogen-bond donors (Lipinski definition) is 0. The Balaban J connectivity index is 1.24. The third-order valence-corrected chi connectivity index (χ3v) is 5.13. The smallest absolute Gasteiger partial charge is 0.274 e. The first-order chi connectivity index (χ1) is 13.8. The van der Waals surface area contributed by atoms with Gasteiger partial charge in [-0.05, 0) is 24.3 Å². The van der Waals surface area contributed by atoms with Crippen LogP contribution in [-0.4, -0.2) is 61.2 Å². The van der Waals surface area contributed by atoms with Crippen molar-refractivity contribution in [3.8, 4) is 0 Å². The highest BCUT2D eigenvalue weighted by atomic mass is 16.2. The molecule has 1 amide bonds. The number of piperazine rings is 1. The summed E-state index contributed by atoms with van der Waals surface area (Å²) in [5.74, 6) is -0.0503. The standard InChI is InChI=1S/C21H20N6O/c28-21(19-13-22-17-5-1-2-6-18(17)24-19)26-11-9-25(10-12-26)14-16-15-27-8-4-3-7-20(27)23-16/h1-8,13,15H,9-12,14H2. The number of carbonyl (C=O) groups is 1. The second kappa shape index (κ2) is 7.01. The molecule has 28 heavy (non-hydrogen) atoms. The van der Waals surface area contributed by atoms with Crippen LogP contribution in [0, 0.1) is 0 Å². The molecule has 0 spiro atoms. The lowest BCUT2D eigenvalue weighted by molar-refractivity contribution is 0.0621. The summed E-state index contributed by atoms with van der Waals surface area (Å²) >= 11 is 0. The minimum absolute atomic E-state index is 0.0503. The van der Waals surface area contributed by atoms with Gasteiger partial charge in [-0.15, -0.1) is 0 Å². The van der Waals surface area contributed by atoms with Crippen molar-refractivity contribution in [1.29, 1.82) is 0 Å². The van der Waals surface area contributed by atoms with Gasteiger partial charge in [0.1, 0.15) is 11.3 Å². The largest absolute Gasteiger partial charge is 0.335 e. The van der Waals surface area contributed by atoms with Crippen LogP contribution in [0.3, 0.4) is 0 Å². The summed E-state index contributed by atoms with van der Waals surface area (Å²) in [6, 6.07) is 13.6. The molecule has 3 aromatic heterocycles. The second-order valence-electron chi connectivity index (χ2n) is 7.01. The van der Waals surface area contributed by atoms with Gasteiger partial charge in [-0.25, -0.2) is 9.97 Å². The van der Waals surface area contributed by atoms with Crippen molar-refractivity contribution in [3.63, 3.8) is 0 Å². The molecule has 140 valence electrons. The highest BCUT2D eigenvalue weighted by molar-refractivity contribution is 5.93. The number of pyridine rings is 1.